The molecule has 0 saturated carbocycles. The summed E-state index contributed by atoms with van der Waals surface area (Å²) in [5.74, 6) is 2.19. The standard InChI is InChI=1S/C16H15N2O2.ClHO4/c1-18-9-7-13(8-10-18)16-17-11-15(20-16)12-3-5-14(19-2)6-4-12;2-1(3,4)5/h3-11H,1-2H3;(H,2,3,4,5)/q+1;/p-1. The summed E-state index contributed by atoms with van der Waals surface area (Å²) in [5.41, 5.74) is 1.94. The van der Waals surface area contributed by atoms with Crippen LogP contribution in [0.4, 0.5) is 0 Å². The van der Waals surface area contributed by atoms with Crippen LogP contribution in [0, 0.1) is 10.2 Å². The van der Waals surface area contributed by atoms with Gasteiger partial charge < -0.3 is 9.15 Å². The first-order chi connectivity index (χ1) is 11.8. The Morgan fingerprint density at radius 1 is 0.960 bits per heavy atom. The molecule has 0 aliphatic carbocycles. The Bertz CT molecular complexity index is 791. The van der Waals surface area contributed by atoms with E-state index in [2.05, 4.69) is 4.98 Å². The monoisotopic (exact) mass is 366 g/mol. The maximum absolute atomic E-state index is 8.49. The minimum absolute atomic E-state index is 0.622. The van der Waals surface area contributed by atoms with Crippen molar-refractivity contribution in [2.75, 3.05) is 7.11 Å². The van der Waals surface area contributed by atoms with E-state index in [4.69, 9.17) is 27.8 Å². The largest absolute Gasteiger partial charge is 0.497 e. The number of halogens is 1. The first kappa shape index (κ1) is 18.8. The van der Waals surface area contributed by atoms with E-state index >= 15 is 0 Å². The number of hydrogen-bond acceptors (Lipinski definition) is 7. The van der Waals surface area contributed by atoms with Crippen LogP contribution in [0.2, 0.25) is 0 Å². The molecular weight excluding hydrogens is 352 g/mol. The third kappa shape index (κ3) is 6.14. The molecular formula is C16H15ClN2O6. The molecule has 0 fully saturated rings. The molecule has 0 aliphatic rings. The van der Waals surface area contributed by atoms with Gasteiger partial charge in [-0.2, -0.15) is 0 Å². The van der Waals surface area contributed by atoms with Gasteiger partial charge in [-0.3, -0.25) is 0 Å². The van der Waals surface area contributed by atoms with Gasteiger partial charge in [-0.05, 0) is 24.3 Å². The minimum atomic E-state index is -4.94. The number of ether oxygens (including phenoxy) is 1. The van der Waals surface area contributed by atoms with Crippen molar-refractivity contribution < 1.29 is 42.6 Å². The van der Waals surface area contributed by atoms with Crippen molar-refractivity contribution in [2.45, 2.75) is 0 Å². The molecule has 0 saturated heterocycles. The quantitative estimate of drug-likeness (QED) is 0.494. The minimum Gasteiger partial charge on any atom is -0.497 e. The van der Waals surface area contributed by atoms with Crippen molar-refractivity contribution in [3.8, 4) is 28.5 Å². The van der Waals surface area contributed by atoms with Gasteiger partial charge in [-0.25, -0.2) is 28.2 Å². The van der Waals surface area contributed by atoms with Gasteiger partial charge in [-0.1, -0.05) is 0 Å². The summed E-state index contributed by atoms with van der Waals surface area (Å²) in [6.45, 7) is 0. The Hall–Kier alpha value is -2.49. The first-order valence-electron chi connectivity index (χ1n) is 6.94. The Morgan fingerprint density at radius 3 is 2.04 bits per heavy atom. The molecule has 25 heavy (non-hydrogen) atoms. The maximum Gasteiger partial charge on any atom is 0.227 e. The molecule has 1 aromatic carbocycles. The molecule has 132 valence electrons. The van der Waals surface area contributed by atoms with Gasteiger partial charge >= 0.3 is 0 Å². The lowest BCUT2D eigenvalue weighted by molar-refractivity contribution is -2.00. The number of oxazole rings is 1. The van der Waals surface area contributed by atoms with E-state index in [1.54, 1.807) is 13.3 Å². The van der Waals surface area contributed by atoms with Crippen LogP contribution >= 0.6 is 0 Å². The first-order valence-corrected chi connectivity index (χ1v) is 8.17. The zero-order valence-electron chi connectivity index (χ0n) is 13.4. The number of aryl methyl sites for hydroxylation is 1. The molecule has 2 heterocycles. The van der Waals surface area contributed by atoms with Gasteiger partial charge in [-0.15, -0.1) is 10.2 Å². The van der Waals surface area contributed by atoms with Crippen LogP contribution in [0.25, 0.3) is 22.8 Å². The Kier molecular flexibility index (Phi) is 6.07. The fourth-order valence-corrected chi connectivity index (χ4v) is 1.94. The molecule has 0 bridgehead atoms. The molecule has 0 spiro atoms. The summed E-state index contributed by atoms with van der Waals surface area (Å²) < 4.78 is 46.9. The van der Waals surface area contributed by atoms with Crippen LogP contribution < -0.4 is 27.9 Å². The summed E-state index contributed by atoms with van der Waals surface area (Å²) in [7, 11) is -1.32. The van der Waals surface area contributed by atoms with E-state index in [0.29, 0.717) is 5.89 Å². The van der Waals surface area contributed by atoms with Gasteiger partial charge in [0.1, 0.15) is 12.8 Å². The summed E-state index contributed by atoms with van der Waals surface area (Å²) in [6.07, 6.45) is 5.67. The van der Waals surface area contributed by atoms with E-state index in [1.807, 2.05) is 60.4 Å². The smallest absolute Gasteiger partial charge is 0.227 e. The van der Waals surface area contributed by atoms with Crippen molar-refractivity contribution in [1.82, 2.24) is 4.98 Å². The van der Waals surface area contributed by atoms with Crippen molar-refractivity contribution in [3.05, 3.63) is 55.0 Å². The highest BCUT2D eigenvalue weighted by atomic mass is 35.7. The zero-order chi connectivity index (χ0) is 18.4. The lowest BCUT2D eigenvalue weighted by Crippen LogP contribution is -2.68. The van der Waals surface area contributed by atoms with Gasteiger partial charge in [0, 0.05) is 23.3 Å². The van der Waals surface area contributed by atoms with Crippen LogP contribution in [0.1, 0.15) is 0 Å². The fraction of sp³-hybridized carbons (Fsp3) is 0.125. The van der Waals surface area contributed by atoms with Gasteiger partial charge in [0.25, 0.3) is 0 Å². The normalized spacial score (nSPS) is 10.8. The number of aromatic nitrogens is 2. The molecule has 0 atom stereocenters. The average molecular weight is 367 g/mol. The van der Waals surface area contributed by atoms with E-state index in [0.717, 1.165) is 22.6 Å². The highest BCUT2D eigenvalue weighted by molar-refractivity contribution is 5.61. The predicted molar refractivity (Wildman–Crippen MR) is 75.1 cm³/mol. The average Bonchev–Trinajstić information content (AvgIpc) is 3.04. The second-order valence-electron chi connectivity index (χ2n) is 4.89. The topological polar surface area (TPSA) is 131 Å². The van der Waals surface area contributed by atoms with Crippen LogP contribution in [0.15, 0.2) is 59.4 Å². The lowest BCUT2D eigenvalue weighted by Gasteiger charge is -2.17. The Balaban J connectivity index is 0.000000399. The predicted octanol–water partition coefficient (Wildman–Crippen LogP) is -1.91. The van der Waals surface area contributed by atoms with E-state index in [9.17, 15) is 0 Å². The van der Waals surface area contributed by atoms with Crippen molar-refractivity contribution in [2.24, 2.45) is 7.05 Å². The number of nitrogens with zero attached hydrogens (tertiary/aromatic N) is 2. The fourth-order valence-electron chi connectivity index (χ4n) is 1.94. The molecule has 2 aromatic heterocycles. The molecule has 0 amide bonds. The lowest BCUT2D eigenvalue weighted by atomic mass is 10.2. The maximum atomic E-state index is 8.49. The van der Waals surface area contributed by atoms with Crippen LogP contribution in [0.5, 0.6) is 5.75 Å². The van der Waals surface area contributed by atoms with Gasteiger partial charge in [0.15, 0.2) is 18.2 Å². The molecule has 0 unspecified atom stereocenters. The second kappa shape index (κ2) is 8.06. The van der Waals surface area contributed by atoms with Gasteiger partial charge in [0.2, 0.25) is 5.89 Å². The number of rotatable bonds is 3. The van der Waals surface area contributed by atoms with E-state index < -0.39 is 10.2 Å². The number of hydrogen-bond donors (Lipinski definition) is 0. The second-order valence-corrected chi connectivity index (χ2v) is 5.64. The summed E-state index contributed by atoms with van der Waals surface area (Å²) in [5, 5.41) is 0. The number of pyridine rings is 1. The Morgan fingerprint density at radius 2 is 1.52 bits per heavy atom. The third-order valence-electron chi connectivity index (χ3n) is 3.11. The van der Waals surface area contributed by atoms with E-state index in [-0.39, 0.29) is 0 Å². The van der Waals surface area contributed by atoms with Crippen molar-refractivity contribution in [3.63, 3.8) is 0 Å². The van der Waals surface area contributed by atoms with E-state index in [1.165, 1.54) is 0 Å². The summed E-state index contributed by atoms with van der Waals surface area (Å²) >= 11 is 0. The van der Waals surface area contributed by atoms with Gasteiger partial charge in [0.05, 0.1) is 13.3 Å². The molecule has 0 radical (unpaired) electrons. The summed E-state index contributed by atoms with van der Waals surface area (Å²) in [6, 6.07) is 11.7. The molecule has 3 rings (SSSR count). The third-order valence-corrected chi connectivity index (χ3v) is 3.11. The molecule has 3 aromatic rings. The summed E-state index contributed by atoms with van der Waals surface area (Å²) in [4.78, 5) is 4.33. The molecule has 9 heteroatoms. The highest BCUT2D eigenvalue weighted by Crippen LogP contribution is 2.26. The van der Waals surface area contributed by atoms with Crippen molar-refractivity contribution in [1.29, 1.82) is 0 Å². The molecule has 0 N–H and O–H groups in total. The highest BCUT2D eigenvalue weighted by Gasteiger charge is 2.09. The van der Waals surface area contributed by atoms with Crippen LogP contribution in [-0.2, 0) is 7.05 Å². The van der Waals surface area contributed by atoms with Crippen LogP contribution in [-0.4, -0.2) is 12.1 Å². The Labute approximate surface area is 145 Å². The number of benzene rings is 1. The van der Waals surface area contributed by atoms with Crippen molar-refractivity contribution >= 4 is 0 Å². The zero-order valence-corrected chi connectivity index (χ0v) is 14.2. The molecule has 8 nitrogen and oxygen atoms in total. The van der Waals surface area contributed by atoms with Crippen LogP contribution in [0.3, 0.4) is 0 Å². The molecule has 0 aliphatic heterocycles. The number of methoxy groups -OCH3 is 1. The SMILES string of the molecule is COc1ccc(-c2cnc(-c3cc[n+](C)cc3)o2)cc1.[O-][Cl+3]([O-])([O-])[O-].